The number of fused-ring (bicyclic) bond motifs is 1. The molecule has 2 heterocycles. The highest BCUT2D eigenvalue weighted by Gasteiger charge is 2.08. The van der Waals surface area contributed by atoms with Gasteiger partial charge in [-0.2, -0.15) is 4.52 Å². The second kappa shape index (κ2) is 4.11. The number of ether oxygens (including phenoxy) is 1. The minimum Gasteiger partial charge on any atom is -0.436 e. The van der Waals surface area contributed by atoms with Gasteiger partial charge in [0.15, 0.2) is 0 Å². The van der Waals surface area contributed by atoms with Crippen LogP contribution in [0.4, 0.5) is 5.69 Å². The largest absolute Gasteiger partial charge is 0.436 e. The SMILES string of the molecule is Nc1ccc(Oc2cncc3nnnn23)c(Cl)c1. The van der Waals surface area contributed by atoms with Crippen molar-refractivity contribution in [2.45, 2.75) is 0 Å². The van der Waals surface area contributed by atoms with Gasteiger partial charge in [-0.3, -0.25) is 4.98 Å². The lowest BCUT2D eigenvalue weighted by Crippen LogP contribution is -1.97. The molecule has 7 nitrogen and oxygen atoms in total. The van der Waals surface area contributed by atoms with Gasteiger partial charge in [0, 0.05) is 5.69 Å². The standard InChI is InChI=1S/C10H7ClN6O/c11-7-3-6(12)1-2-8(7)18-10-5-13-4-9-14-15-16-17(9)10/h1-5H,12H2. The summed E-state index contributed by atoms with van der Waals surface area (Å²) >= 11 is 6.02. The van der Waals surface area contributed by atoms with Crippen molar-refractivity contribution in [2.75, 3.05) is 5.73 Å². The molecule has 3 rings (SSSR count). The van der Waals surface area contributed by atoms with Crippen LogP contribution in [-0.2, 0) is 0 Å². The number of hydrogen-bond acceptors (Lipinski definition) is 6. The molecule has 0 aliphatic heterocycles. The average Bonchev–Trinajstić information content (AvgIpc) is 2.82. The molecule has 90 valence electrons. The number of rotatable bonds is 2. The Bertz CT molecular complexity index is 712. The molecular formula is C10H7ClN6O. The van der Waals surface area contributed by atoms with Crippen LogP contribution in [0.25, 0.3) is 5.65 Å². The highest BCUT2D eigenvalue weighted by molar-refractivity contribution is 6.32. The number of hydrogen-bond donors (Lipinski definition) is 1. The minimum atomic E-state index is 0.365. The molecule has 2 aromatic heterocycles. The second-order valence-electron chi connectivity index (χ2n) is 3.49. The summed E-state index contributed by atoms with van der Waals surface area (Å²) in [5, 5.41) is 11.5. The van der Waals surface area contributed by atoms with E-state index in [0.717, 1.165) is 0 Å². The van der Waals surface area contributed by atoms with Crippen LogP contribution >= 0.6 is 11.6 Å². The molecule has 0 atom stereocenters. The van der Waals surface area contributed by atoms with Crippen molar-refractivity contribution < 1.29 is 4.74 Å². The van der Waals surface area contributed by atoms with Crippen LogP contribution < -0.4 is 10.5 Å². The molecule has 0 radical (unpaired) electrons. The molecule has 0 unspecified atom stereocenters. The Labute approximate surface area is 106 Å². The van der Waals surface area contributed by atoms with Gasteiger partial charge in [-0.25, -0.2) is 0 Å². The van der Waals surface area contributed by atoms with Gasteiger partial charge in [0.25, 0.3) is 0 Å². The van der Waals surface area contributed by atoms with Crippen LogP contribution in [0.15, 0.2) is 30.6 Å². The Balaban J connectivity index is 2.03. The number of benzene rings is 1. The van der Waals surface area contributed by atoms with Gasteiger partial charge < -0.3 is 10.5 Å². The van der Waals surface area contributed by atoms with Crippen molar-refractivity contribution in [3.63, 3.8) is 0 Å². The summed E-state index contributed by atoms with van der Waals surface area (Å²) in [7, 11) is 0. The number of nitrogens with two attached hydrogens (primary N) is 1. The molecule has 8 heteroatoms. The highest BCUT2D eigenvalue weighted by Crippen LogP contribution is 2.30. The van der Waals surface area contributed by atoms with Gasteiger partial charge in [-0.1, -0.05) is 11.6 Å². The zero-order valence-electron chi connectivity index (χ0n) is 8.99. The quantitative estimate of drug-likeness (QED) is 0.705. The lowest BCUT2D eigenvalue weighted by molar-refractivity contribution is 0.442. The first-order valence-electron chi connectivity index (χ1n) is 4.99. The summed E-state index contributed by atoms with van der Waals surface area (Å²) in [5.41, 5.74) is 6.65. The van der Waals surface area contributed by atoms with Crippen molar-refractivity contribution in [1.29, 1.82) is 0 Å². The van der Waals surface area contributed by atoms with E-state index >= 15 is 0 Å². The van der Waals surface area contributed by atoms with Crippen LogP contribution in [-0.4, -0.2) is 25.0 Å². The van der Waals surface area contributed by atoms with Crippen molar-refractivity contribution in [1.82, 2.24) is 25.0 Å². The summed E-state index contributed by atoms with van der Waals surface area (Å²) in [6, 6.07) is 4.96. The van der Waals surface area contributed by atoms with E-state index in [1.54, 1.807) is 18.2 Å². The summed E-state index contributed by atoms with van der Waals surface area (Å²) in [6.45, 7) is 0. The average molecular weight is 263 g/mol. The van der Waals surface area contributed by atoms with Gasteiger partial charge >= 0.3 is 0 Å². The zero-order chi connectivity index (χ0) is 12.5. The summed E-state index contributed by atoms with van der Waals surface area (Å²) in [4.78, 5) is 3.97. The van der Waals surface area contributed by atoms with E-state index in [9.17, 15) is 0 Å². The van der Waals surface area contributed by atoms with Crippen LogP contribution in [0.3, 0.4) is 0 Å². The lowest BCUT2D eigenvalue weighted by Gasteiger charge is -2.07. The van der Waals surface area contributed by atoms with Crippen molar-refractivity contribution in [3.8, 4) is 11.6 Å². The van der Waals surface area contributed by atoms with E-state index in [1.807, 2.05) is 0 Å². The number of aromatic nitrogens is 5. The third kappa shape index (κ3) is 1.80. The molecule has 0 amide bonds. The Hall–Kier alpha value is -2.41. The van der Waals surface area contributed by atoms with Crippen LogP contribution in [0.5, 0.6) is 11.6 Å². The van der Waals surface area contributed by atoms with E-state index in [-0.39, 0.29) is 0 Å². The van der Waals surface area contributed by atoms with E-state index in [2.05, 4.69) is 20.5 Å². The highest BCUT2D eigenvalue weighted by atomic mass is 35.5. The molecule has 18 heavy (non-hydrogen) atoms. The molecular weight excluding hydrogens is 256 g/mol. The third-order valence-corrected chi connectivity index (χ3v) is 2.54. The van der Waals surface area contributed by atoms with E-state index in [4.69, 9.17) is 22.1 Å². The van der Waals surface area contributed by atoms with Gasteiger partial charge in [0.2, 0.25) is 11.5 Å². The predicted molar refractivity (Wildman–Crippen MR) is 64.5 cm³/mol. The predicted octanol–water partition coefficient (Wildman–Crippen LogP) is 1.55. The molecule has 0 fully saturated rings. The van der Waals surface area contributed by atoms with E-state index in [0.29, 0.717) is 28.0 Å². The molecule has 0 aliphatic rings. The van der Waals surface area contributed by atoms with Crippen LogP contribution in [0.2, 0.25) is 5.02 Å². The van der Waals surface area contributed by atoms with Crippen molar-refractivity contribution in [2.24, 2.45) is 0 Å². The first kappa shape index (κ1) is 10.7. The first-order chi connectivity index (χ1) is 8.74. The van der Waals surface area contributed by atoms with Crippen molar-refractivity contribution >= 4 is 22.9 Å². The molecule has 3 aromatic rings. The summed E-state index contributed by atoms with van der Waals surface area (Å²) < 4.78 is 7.02. The number of halogens is 1. The molecule has 0 bridgehead atoms. The van der Waals surface area contributed by atoms with Gasteiger partial charge in [-0.05, 0) is 28.6 Å². The Kier molecular flexibility index (Phi) is 2.45. The van der Waals surface area contributed by atoms with E-state index in [1.165, 1.54) is 16.9 Å². The topological polar surface area (TPSA) is 91.2 Å². The summed E-state index contributed by atoms with van der Waals surface area (Å²) in [6.07, 6.45) is 3.02. The van der Waals surface area contributed by atoms with Crippen LogP contribution in [0, 0.1) is 0 Å². The first-order valence-corrected chi connectivity index (χ1v) is 5.37. The monoisotopic (exact) mass is 262 g/mol. The zero-order valence-corrected chi connectivity index (χ0v) is 9.74. The molecule has 0 spiro atoms. The van der Waals surface area contributed by atoms with Gasteiger partial charge in [0.1, 0.15) is 5.75 Å². The second-order valence-corrected chi connectivity index (χ2v) is 3.89. The fourth-order valence-corrected chi connectivity index (χ4v) is 1.66. The third-order valence-electron chi connectivity index (χ3n) is 2.25. The lowest BCUT2D eigenvalue weighted by atomic mass is 10.3. The van der Waals surface area contributed by atoms with Gasteiger partial charge in [0.05, 0.1) is 17.4 Å². The normalized spacial score (nSPS) is 10.7. The maximum Gasteiger partial charge on any atom is 0.242 e. The Morgan fingerprint density at radius 3 is 3.00 bits per heavy atom. The number of tetrazole rings is 1. The number of anilines is 1. The Morgan fingerprint density at radius 1 is 1.28 bits per heavy atom. The van der Waals surface area contributed by atoms with E-state index < -0.39 is 0 Å². The molecule has 0 saturated carbocycles. The molecule has 0 aliphatic carbocycles. The van der Waals surface area contributed by atoms with Crippen LogP contribution in [0.1, 0.15) is 0 Å². The number of nitrogen functional groups attached to an aromatic ring is 1. The smallest absolute Gasteiger partial charge is 0.242 e. The van der Waals surface area contributed by atoms with Gasteiger partial charge in [-0.15, -0.1) is 5.10 Å². The molecule has 2 N–H and O–H groups in total. The van der Waals surface area contributed by atoms with Crippen molar-refractivity contribution in [3.05, 3.63) is 35.6 Å². The molecule has 1 aromatic carbocycles. The maximum atomic E-state index is 6.02. The molecule has 0 saturated heterocycles. The fourth-order valence-electron chi connectivity index (χ4n) is 1.44. The maximum absolute atomic E-state index is 6.02. The minimum absolute atomic E-state index is 0.365. The summed E-state index contributed by atoms with van der Waals surface area (Å²) in [5.74, 6) is 0.819. The fraction of sp³-hybridized carbons (Fsp3) is 0. The number of nitrogens with zero attached hydrogens (tertiary/aromatic N) is 5. The Morgan fingerprint density at radius 2 is 2.17 bits per heavy atom.